The van der Waals surface area contributed by atoms with E-state index in [9.17, 15) is 4.79 Å². The Morgan fingerprint density at radius 3 is 2.20 bits per heavy atom. The van der Waals surface area contributed by atoms with Gasteiger partial charge in [-0.3, -0.25) is 0 Å². The van der Waals surface area contributed by atoms with Gasteiger partial charge in [0.05, 0.1) is 13.2 Å². The average Bonchev–Trinajstić information content (AvgIpc) is 2.73. The highest BCUT2D eigenvalue weighted by Gasteiger charge is 2.23. The quantitative estimate of drug-likeness (QED) is 0.839. The number of hydrogen-bond acceptors (Lipinski definition) is 6. The number of morpholine rings is 1. The SMILES string of the molecule is Cc1cc(C)cc(NC(=O)N2CCN(c3cc(C)nc(N4CCOCC4)n3)CC2)c1. The summed E-state index contributed by atoms with van der Waals surface area (Å²) in [7, 11) is 0. The van der Waals surface area contributed by atoms with Gasteiger partial charge in [-0.25, -0.2) is 9.78 Å². The van der Waals surface area contributed by atoms with Crippen molar-refractivity contribution in [2.45, 2.75) is 20.8 Å². The van der Waals surface area contributed by atoms with Crippen LogP contribution >= 0.6 is 0 Å². The lowest BCUT2D eigenvalue weighted by Gasteiger charge is -2.36. The van der Waals surface area contributed by atoms with Gasteiger partial charge in [-0.1, -0.05) is 6.07 Å². The molecule has 8 heteroatoms. The molecule has 0 atom stereocenters. The van der Waals surface area contributed by atoms with E-state index >= 15 is 0 Å². The number of nitrogens with zero attached hydrogens (tertiary/aromatic N) is 5. The molecule has 2 aromatic rings. The summed E-state index contributed by atoms with van der Waals surface area (Å²) < 4.78 is 5.44. The van der Waals surface area contributed by atoms with Crippen LogP contribution in [0.5, 0.6) is 0 Å². The summed E-state index contributed by atoms with van der Waals surface area (Å²) in [6.45, 7) is 11.9. The van der Waals surface area contributed by atoms with E-state index in [0.29, 0.717) is 26.3 Å². The first-order chi connectivity index (χ1) is 14.5. The van der Waals surface area contributed by atoms with E-state index in [-0.39, 0.29) is 6.03 Å². The number of nitrogens with one attached hydrogen (secondary N) is 1. The Kier molecular flexibility index (Phi) is 6.03. The fourth-order valence-corrected chi connectivity index (χ4v) is 3.99. The van der Waals surface area contributed by atoms with Crippen LogP contribution in [-0.2, 0) is 4.74 Å². The second-order valence-electron chi connectivity index (χ2n) is 8.05. The summed E-state index contributed by atoms with van der Waals surface area (Å²) >= 11 is 0. The number of aromatic nitrogens is 2. The summed E-state index contributed by atoms with van der Waals surface area (Å²) in [6, 6.07) is 8.07. The number of hydrogen-bond donors (Lipinski definition) is 1. The van der Waals surface area contributed by atoms with Crippen molar-refractivity contribution in [2.24, 2.45) is 0 Å². The second-order valence-corrected chi connectivity index (χ2v) is 8.05. The summed E-state index contributed by atoms with van der Waals surface area (Å²) in [5, 5.41) is 3.03. The molecule has 0 unspecified atom stereocenters. The van der Waals surface area contributed by atoms with Crippen LogP contribution in [0.4, 0.5) is 22.2 Å². The first-order valence-corrected chi connectivity index (χ1v) is 10.6. The highest BCUT2D eigenvalue weighted by atomic mass is 16.5. The first-order valence-electron chi connectivity index (χ1n) is 10.6. The summed E-state index contributed by atoms with van der Waals surface area (Å²) in [5.41, 5.74) is 4.09. The van der Waals surface area contributed by atoms with E-state index in [0.717, 1.165) is 60.5 Å². The van der Waals surface area contributed by atoms with Crippen LogP contribution in [-0.4, -0.2) is 73.4 Å². The maximum Gasteiger partial charge on any atom is 0.321 e. The molecule has 30 heavy (non-hydrogen) atoms. The number of anilines is 3. The molecule has 8 nitrogen and oxygen atoms in total. The highest BCUT2D eigenvalue weighted by Crippen LogP contribution is 2.20. The molecule has 2 aliphatic rings. The Bertz CT molecular complexity index is 884. The Hall–Kier alpha value is -2.87. The average molecular weight is 411 g/mol. The number of aryl methyl sites for hydroxylation is 3. The molecule has 0 aliphatic carbocycles. The predicted molar refractivity (Wildman–Crippen MR) is 119 cm³/mol. The van der Waals surface area contributed by atoms with Gasteiger partial charge in [0.25, 0.3) is 0 Å². The zero-order chi connectivity index (χ0) is 21.1. The number of piperazine rings is 1. The Labute approximate surface area is 177 Å². The largest absolute Gasteiger partial charge is 0.378 e. The molecule has 0 radical (unpaired) electrons. The zero-order valence-electron chi connectivity index (χ0n) is 18.0. The van der Waals surface area contributed by atoms with Crippen LogP contribution in [0.1, 0.15) is 16.8 Å². The number of benzene rings is 1. The molecular formula is C22H30N6O2. The summed E-state index contributed by atoms with van der Waals surface area (Å²) in [4.78, 5) is 28.4. The number of ether oxygens (including phenoxy) is 1. The highest BCUT2D eigenvalue weighted by molar-refractivity contribution is 5.89. The van der Waals surface area contributed by atoms with Crippen LogP contribution in [0.2, 0.25) is 0 Å². The molecule has 0 saturated carbocycles. The minimum atomic E-state index is -0.0486. The van der Waals surface area contributed by atoms with Gasteiger partial charge in [0, 0.05) is 56.7 Å². The van der Waals surface area contributed by atoms with Gasteiger partial charge in [-0.15, -0.1) is 0 Å². The van der Waals surface area contributed by atoms with E-state index in [1.54, 1.807) is 0 Å². The van der Waals surface area contributed by atoms with Gasteiger partial charge < -0.3 is 24.8 Å². The normalized spacial score (nSPS) is 17.2. The van der Waals surface area contributed by atoms with Crippen molar-refractivity contribution in [2.75, 3.05) is 67.6 Å². The van der Waals surface area contributed by atoms with Crippen molar-refractivity contribution in [1.82, 2.24) is 14.9 Å². The van der Waals surface area contributed by atoms with Gasteiger partial charge in [-0.2, -0.15) is 4.98 Å². The van der Waals surface area contributed by atoms with E-state index in [1.165, 1.54) is 0 Å². The van der Waals surface area contributed by atoms with E-state index in [1.807, 2.05) is 43.9 Å². The molecule has 2 fully saturated rings. The monoisotopic (exact) mass is 410 g/mol. The maximum absolute atomic E-state index is 12.7. The smallest absolute Gasteiger partial charge is 0.321 e. The molecule has 1 N–H and O–H groups in total. The lowest BCUT2D eigenvalue weighted by molar-refractivity contribution is 0.122. The Morgan fingerprint density at radius 2 is 1.53 bits per heavy atom. The third-order valence-electron chi connectivity index (χ3n) is 5.49. The van der Waals surface area contributed by atoms with Crippen LogP contribution in [0.3, 0.4) is 0 Å². The molecule has 1 aromatic heterocycles. The zero-order valence-corrected chi connectivity index (χ0v) is 18.0. The van der Waals surface area contributed by atoms with Gasteiger partial charge >= 0.3 is 6.03 Å². The number of urea groups is 1. The van der Waals surface area contributed by atoms with Crippen molar-refractivity contribution in [1.29, 1.82) is 0 Å². The predicted octanol–water partition coefficient (Wildman–Crippen LogP) is 2.59. The maximum atomic E-state index is 12.7. The fourth-order valence-electron chi connectivity index (χ4n) is 3.99. The molecule has 2 saturated heterocycles. The molecule has 1 aromatic carbocycles. The summed E-state index contributed by atoms with van der Waals surface area (Å²) in [5.74, 6) is 1.70. The second kappa shape index (κ2) is 8.87. The lowest BCUT2D eigenvalue weighted by atomic mass is 10.1. The van der Waals surface area contributed by atoms with Gasteiger partial charge in [0.1, 0.15) is 5.82 Å². The molecule has 160 valence electrons. The van der Waals surface area contributed by atoms with Crippen LogP contribution in [0.15, 0.2) is 24.3 Å². The van der Waals surface area contributed by atoms with Gasteiger partial charge in [-0.05, 0) is 44.0 Å². The molecule has 0 spiro atoms. The number of rotatable bonds is 3. The van der Waals surface area contributed by atoms with E-state index < -0.39 is 0 Å². The molecule has 2 amide bonds. The molecular weight excluding hydrogens is 380 g/mol. The molecule has 4 rings (SSSR count). The molecule has 2 aliphatic heterocycles. The topological polar surface area (TPSA) is 73.8 Å². The van der Waals surface area contributed by atoms with Gasteiger partial charge in [0.2, 0.25) is 5.95 Å². The van der Waals surface area contributed by atoms with Crippen molar-refractivity contribution < 1.29 is 9.53 Å². The summed E-state index contributed by atoms with van der Waals surface area (Å²) in [6.07, 6.45) is 0. The van der Waals surface area contributed by atoms with Crippen molar-refractivity contribution in [3.05, 3.63) is 41.1 Å². The minimum Gasteiger partial charge on any atom is -0.378 e. The third-order valence-corrected chi connectivity index (χ3v) is 5.49. The standard InChI is InChI=1S/C22H30N6O2/c1-16-12-17(2)14-19(13-16)24-22(29)28-6-4-26(5-7-28)20-15-18(3)23-21(25-20)27-8-10-30-11-9-27/h12-15H,4-11H2,1-3H3,(H,24,29). The van der Waals surface area contributed by atoms with Crippen LogP contribution in [0, 0.1) is 20.8 Å². The number of amides is 2. The van der Waals surface area contributed by atoms with Crippen molar-refractivity contribution >= 4 is 23.5 Å². The van der Waals surface area contributed by atoms with E-state index in [4.69, 9.17) is 9.72 Å². The van der Waals surface area contributed by atoms with Gasteiger partial charge in [0.15, 0.2) is 0 Å². The number of carbonyl (C=O) groups excluding carboxylic acids is 1. The molecule has 3 heterocycles. The minimum absolute atomic E-state index is 0.0486. The van der Waals surface area contributed by atoms with Crippen molar-refractivity contribution in [3.8, 4) is 0 Å². The fraction of sp³-hybridized carbons (Fsp3) is 0.500. The van der Waals surface area contributed by atoms with E-state index in [2.05, 4.69) is 26.2 Å². The third kappa shape index (κ3) is 4.81. The first kappa shape index (κ1) is 20.4. The van der Waals surface area contributed by atoms with Crippen LogP contribution < -0.4 is 15.1 Å². The Morgan fingerprint density at radius 1 is 0.867 bits per heavy atom. The lowest BCUT2D eigenvalue weighted by Crippen LogP contribution is -2.50. The Balaban J connectivity index is 1.38. The van der Waals surface area contributed by atoms with Crippen molar-refractivity contribution in [3.63, 3.8) is 0 Å². The number of carbonyl (C=O) groups is 1. The molecule has 0 bridgehead atoms. The van der Waals surface area contributed by atoms with Crippen LogP contribution in [0.25, 0.3) is 0 Å².